The average Bonchev–Trinajstić information content (AvgIpc) is 2.72. The summed E-state index contributed by atoms with van der Waals surface area (Å²) < 4.78 is 0. The van der Waals surface area contributed by atoms with E-state index in [1.807, 2.05) is 6.07 Å². The Balaban J connectivity index is 1.95. The number of rotatable bonds is 0. The summed E-state index contributed by atoms with van der Waals surface area (Å²) >= 11 is 0. The van der Waals surface area contributed by atoms with Crippen molar-refractivity contribution in [3.05, 3.63) is 18.5 Å². The van der Waals surface area contributed by atoms with E-state index in [4.69, 9.17) is 0 Å². The van der Waals surface area contributed by atoms with E-state index in [0.717, 1.165) is 43.6 Å². The molecule has 16 heavy (non-hydrogen) atoms. The molecule has 0 unspecified atom stereocenters. The van der Waals surface area contributed by atoms with Gasteiger partial charge in [-0.1, -0.05) is 12.8 Å². The average molecular weight is 217 g/mol. The molecule has 1 aromatic rings. The summed E-state index contributed by atoms with van der Waals surface area (Å²) in [5, 5.41) is 6.36. The van der Waals surface area contributed by atoms with Crippen molar-refractivity contribution in [2.24, 2.45) is 5.41 Å². The summed E-state index contributed by atoms with van der Waals surface area (Å²) in [5.41, 5.74) is 1.59. The monoisotopic (exact) mass is 217 g/mol. The zero-order chi connectivity index (χ0) is 11.0. The van der Waals surface area contributed by atoms with E-state index in [-0.39, 0.29) is 11.3 Å². The molecule has 1 spiro atoms. The minimum Gasteiger partial charge on any atom is -0.382 e. The normalized spacial score (nSPS) is 22.1. The molecule has 1 saturated carbocycles. The zero-order valence-corrected chi connectivity index (χ0v) is 9.12. The molecule has 1 amide bonds. The van der Waals surface area contributed by atoms with Gasteiger partial charge in [0.05, 0.1) is 23.0 Å². The van der Waals surface area contributed by atoms with Crippen LogP contribution in [0.25, 0.3) is 0 Å². The van der Waals surface area contributed by atoms with Crippen molar-refractivity contribution in [3.8, 4) is 0 Å². The largest absolute Gasteiger partial charge is 0.382 e. The van der Waals surface area contributed by atoms with Crippen LogP contribution in [0.3, 0.4) is 0 Å². The molecule has 84 valence electrons. The SMILES string of the molecule is O=C1Nc2cnccc2NCC12CCCC2. The highest BCUT2D eigenvalue weighted by molar-refractivity contribution is 5.99. The summed E-state index contributed by atoms with van der Waals surface area (Å²) in [6.07, 6.45) is 7.74. The molecular weight excluding hydrogens is 202 g/mol. The maximum atomic E-state index is 12.2. The number of carbonyl (C=O) groups excluding carboxylic acids is 1. The van der Waals surface area contributed by atoms with Gasteiger partial charge >= 0.3 is 0 Å². The maximum absolute atomic E-state index is 12.2. The van der Waals surface area contributed by atoms with Crippen LogP contribution in [0.15, 0.2) is 18.5 Å². The Kier molecular flexibility index (Phi) is 2.09. The molecule has 1 aliphatic heterocycles. The molecule has 4 heteroatoms. The van der Waals surface area contributed by atoms with E-state index in [0.29, 0.717) is 0 Å². The Hall–Kier alpha value is -1.58. The Morgan fingerprint density at radius 2 is 2.06 bits per heavy atom. The number of anilines is 2. The summed E-state index contributed by atoms with van der Waals surface area (Å²) in [4.78, 5) is 16.3. The minimum absolute atomic E-state index is 0.157. The summed E-state index contributed by atoms with van der Waals surface area (Å²) in [6, 6.07) is 1.91. The Morgan fingerprint density at radius 1 is 1.25 bits per heavy atom. The van der Waals surface area contributed by atoms with Crippen molar-refractivity contribution in [1.82, 2.24) is 4.98 Å². The van der Waals surface area contributed by atoms with Gasteiger partial charge < -0.3 is 10.6 Å². The summed E-state index contributed by atoms with van der Waals surface area (Å²) in [5.74, 6) is 0.157. The topological polar surface area (TPSA) is 54.0 Å². The smallest absolute Gasteiger partial charge is 0.232 e. The molecule has 3 rings (SSSR count). The van der Waals surface area contributed by atoms with Crippen molar-refractivity contribution >= 4 is 17.3 Å². The lowest BCUT2D eigenvalue weighted by atomic mass is 9.85. The second-order valence-electron chi connectivity index (χ2n) is 4.72. The fourth-order valence-corrected chi connectivity index (χ4v) is 2.70. The van der Waals surface area contributed by atoms with Gasteiger partial charge in [0.2, 0.25) is 5.91 Å². The van der Waals surface area contributed by atoms with Crippen molar-refractivity contribution < 1.29 is 4.79 Å². The van der Waals surface area contributed by atoms with Gasteiger partial charge in [-0.3, -0.25) is 9.78 Å². The lowest BCUT2D eigenvalue weighted by molar-refractivity contribution is -0.124. The Morgan fingerprint density at radius 3 is 2.88 bits per heavy atom. The molecule has 1 aromatic heterocycles. The highest BCUT2D eigenvalue weighted by Gasteiger charge is 2.42. The third-order valence-electron chi connectivity index (χ3n) is 3.73. The first kappa shape index (κ1) is 9.63. The summed E-state index contributed by atoms with van der Waals surface area (Å²) in [6.45, 7) is 0.746. The minimum atomic E-state index is -0.195. The fourth-order valence-electron chi connectivity index (χ4n) is 2.70. The van der Waals surface area contributed by atoms with Crippen LogP contribution < -0.4 is 10.6 Å². The van der Waals surface area contributed by atoms with E-state index in [1.165, 1.54) is 0 Å². The van der Waals surface area contributed by atoms with Gasteiger partial charge in [-0.05, 0) is 18.9 Å². The van der Waals surface area contributed by atoms with Crippen LogP contribution in [0.5, 0.6) is 0 Å². The van der Waals surface area contributed by atoms with Gasteiger partial charge in [0.15, 0.2) is 0 Å². The standard InChI is InChI=1S/C12H15N3O/c16-11-12(4-1-2-5-12)8-14-9-3-6-13-7-10(9)15-11/h3,6-7,14H,1-2,4-5,8H2,(H,15,16). The van der Waals surface area contributed by atoms with Crippen LogP contribution in [-0.4, -0.2) is 17.4 Å². The highest BCUT2D eigenvalue weighted by atomic mass is 16.2. The van der Waals surface area contributed by atoms with Crippen LogP contribution in [0.2, 0.25) is 0 Å². The number of aromatic nitrogens is 1. The number of carbonyl (C=O) groups is 1. The van der Waals surface area contributed by atoms with Gasteiger partial charge in [0.1, 0.15) is 0 Å². The third-order valence-corrected chi connectivity index (χ3v) is 3.73. The molecule has 4 nitrogen and oxygen atoms in total. The number of amides is 1. The van der Waals surface area contributed by atoms with Crippen molar-refractivity contribution in [2.75, 3.05) is 17.2 Å². The first-order chi connectivity index (χ1) is 7.80. The van der Waals surface area contributed by atoms with E-state index in [2.05, 4.69) is 15.6 Å². The van der Waals surface area contributed by atoms with E-state index in [1.54, 1.807) is 12.4 Å². The molecule has 2 heterocycles. The van der Waals surface area contributed by atoms with Crippen molar-refractivity contribution in [2.45, 2.75) is 25.7 Å². The lowest BCUT2D eigenvalue weighted by Crippen LogP contribution is -2.37. The van der Waals surface area contributed by atoms with E-state index < -0.39 is 0 Å². The number of pyridine rings is 1. The van der Waals surface area contributed by atoms with Crippen LogP contribution in [0.4, 0.5) is 11.4 Å². The third kappa shape index (κ3) is 1.37. The van der Waals surface area contributed by atoms with Gasteiger partial charge in [-0.25, -0.2) is 0 Å². The molecule has 1 fully saturated rings. The molecule has 0 radical (unpaired) electrons. The highest BCUT2D eigenvalue weighted by Crippen LogP contribution is 2.41. The van der Waals surface area contributed by atoms with Crippen LogP contribution >= 0.6 is 0 Å². The second-order valence-corrected chi connectivity index (χ2v) is 4.72. The quantitative estimate of drug-likeness (QED) is 0.699. The predicted molar refractivity (Wildman–Crippen MR) is 62.3 cm³/mol. The van der Waals surface area contributed by atoms with Crippen LogP contribution in [0, 0.1) is 5.41 Å². The molecule has 2 N–H and O–H groups in total. The number of nitrogens with one attached hydrogen (secondary N) is 2. The van der Waals surface area contributed by atoms with Crippen molar-refractivity contribution in [1.29, 1.82) is 0 Å². The van der Waals surface area contributed by atoms with Gasteiger partial charge in [-0.15, -0.1) is 0 Å². The fraction of sp³-hybridized carbons (Fsp3) is 0.500. The Labute approximate surface area is 94.5 Å². The Bertz CT molecular complexity index is 424. The first-order valence-electron chi connectivity index (χ1n) is 5.80. The number of hydrogen-bond acceptors (Lipinski definition) is 3. The lowest BCUT2D eigenvalue weighted by Gasteiger charge is -2.24. The number of fused-ring (bicyclic) bond motifs is 1. The molecule has 1 aliphatic carbocycles. The molecular formula is C12H15N3O. The summed E-state index contributed by atoms with van der Waals surface area (Å²) in [7, 11) is 0. The zero-order valence-electron chi connectivity index (χ0n) is 9.12. The van der Waals surface area contributed by atoms with Gasteiger partial charge in [0.25, 0.3) is 0 Å². The number of hydrogen-bond donors (Lipinski definition) is 2. The molecule has 0 bridgehead atoms. The molecule has 0 saturated heterocycles. The molecule has 0 atom stereocenters. The van der Waals surface area contributed by atoms with Gasteiger partial charge in [-0.2, -0.15) is 0 Å². The van der Waals surface area contributed by atoms with E-state index >= 15 is 0 Å². The number of nitrogens with zero attached hydrogens (tertiary/aromatic N) is 1. The van der Waals surface area contributed by atoms with E-state index in [9.17, 15) is 4.79 Å². The first-order valence-corrected chi connectivity index (χ1v) is 5.80. The van der Waals surface area contributed by atoms with Gasteiger partial charge in [0, 0.05) is 12.7 Å². The predicted octanol–water partition coefficient (Wildman–Crippen LogP) is 2.01. The van der Waals surface area contributed by atoms with Crippen LogP contribution in [0.1, 0.15) is 25.7 Å². The maximum Gasteiger partial charge on any atom is 0.232 e. The molecule has 0 aromatic carbocycles. The molecule has 2 aliphatic rings. The van der Waals surface area contributed by atoms with Crippen molar-refractivity contribution in [3.63, 3.8) is 0 Å². The van der Waals surface area contributed by atoms with Crippen LogP contribution in [-0.2, 0) is 4.79 Å². The second kappa shape index (κ2) is 3.47.